The SMILES string of the molecule is Cc1cc2c(c3c1=NCC3)Oc1c(cc(S(=O)(=O)O)c3c1CCN3)C=2c1nccn1CCCCCC(=O)O. The molecule has 0 unspecified atom stereocenters. The molecular weight excluding hydrogens is 508 g/mol. The van der Waals surface area contributed by atoms with E-state index in [9.17, 15) is 17.8 Å². The van der Waals surface area contributed by atoms with Gasteiger partial charge in [-0.3, -0.25) is 14.3 Å². The highest BCUT2D eigenvalue weighted by molar-refractivity contribution is 7.86. The lowest BCUT2D eigenvalue weighted by Gasteiger charge is -2.25. The Morgan fingerprint density at radius 3 is 2.79 bits per heavy atom. The number of hydrogen-bond donors (Lipinski definition) is 3. The molecule has 3 aliphatic rings. The second-order valence-corrected chi connectivity index (χ2v) is 11.3. The molecule has 4 heterocycles. The molecule has 38 heavy (non-hydrogen) atoms. The van der Waals surface area contributed by atoms with Crippen molar-refractivity contribution in [3.8, 4) is 11.5 Å². The Labute approximate surface area is 219 Å². The monoisotopic (exact) mass is 536 g/mol. The number of ether oxygens (including phenoxy) is 1. The highest BCUT2D eigenvalue weighted by Crippen LogP contribution is 2.46. The molecule has 1 aromatic heterocycles. The summed E-state index contributed by atoms with van der Waals surface area (Å²) in [6.07, 6.45) is 7.16. The van der Waals surface area contributed by atoms with E-state index in [4.69, 9.17) is 14.8 Å². The van der Waals surface area contributed by atoms with Crippen LogP contribution in [0.5, 0.6) is 11.5 Å². The van der Waals surface area contributed by atoms with E-state index in [-0.39, 0.29) is 11.3 Å². The minimum Gasteiger partial charge on any atom is -0.481 e. The van der Waals surface area contributed by atoms with Gasteiger partial charge >= 0.3 is 5.97 Å². The van der Waals surface area contributed by atoms with Crippen molar-refractivity contribution in [1.29, 1.82) is 0 Å². The summed E-state index contributed by atoms with van der Waals surface area (Å²) in [6, 6.07) is 3.50. The first kappa shape index (κ1) is 24.6. The average molecular weight is 537 g/mol. The number of aromatic nitrogens is 2. The van der Waals surface area contributed by atoms with Gasteiger partial charge in [0, 0.05) is 65.9 Å². The second kappa shape index (κ2) is 9.25. The predicted molar refractivity (Wildman–Crippen MR) is 139 cm³/mol. The van der Waals surface area contributed by atoms with Crippen LogP contribution in [0, 0.1) is 6.92 Å². The molecule has 0 radical (unpaired) electrons. The summed E-state index contributed by atoms with van der Waals surface area (Å²) in [4.78, 5) is 20.1. The van der Waals surface area contributed by atoms with Gasteiger partial charge in [-0.25, -0.2) is 4.98 Å². The van der Waals surface area contributed by atoms with E-state index < -0.39 is 16.1 Å². The molecule has 198 valence electrons. The zero-order valence-electron chi connectivity index (χ0n) is 21.0. The van der Waals surface area contributed by atoms with E-state index in [2.05, 4.69) is 10.3 Å². The highest BCUT2D eigenvalue weighted by Gasteiger charge is 2.34. The minimum atomic E-state index is -4.51. The maximum atomic E-state index is 12.4. The van der Waals surface area contributed by atoms with Gasteiger partial charge in [0.2, 0.25) is 0 Å². The number of nitrogens with one attached hydrogen (secondary N) is 1. The molecule has 0 aliphatic carbocycles. The molecule has 2 aromatic carbocycles. The number of hydrogen-bond acceptors (Lipinski definition) is 7. The van der Waals surface area contributed by atoms with Crippen LogP contribution in [0.3, 0.4) is 0 Å². The number of nitrogens with zero attached hydrogens (tertiary/aromatic N) is 3. The standard InChI is InChI=1S/C27H28N4O6S/c1-15-13-18-22(27-30-10-12-31(27)11-4-2-3-5-21(32)33)19-14-20(38(34,35)36)24-17(7-9-29-24)26(19)37-25(18)16-6-8-28-23(15)16/h10,12-14,29H,2-9,11H2,1H3,(H,32,33)(H,34,35,36). The summed E-state index contributed by atoms with van der Waals surface area (Å²) in [7, 11) is -4.51. The first-order valence-corrected chi connectivity index (χ1v) is 14.2. The molecule has 0 bridgehead atoms. The number of carboxylic acid groups (broad SMARTS) is 1. The number of aliphatic carboxylic acids is 1. The lowest BCUT2D eigenvalue weighted by Crippen LogP contribution is -2.26. The van der Waals surface area contributed by atoms with Gasteiger partial charge < -0.3 is 19.7 Å². The number of fused-ring (bicyclic) bond motifs is 6. The molecule has 10 nitrogen and oxygen atoms in total. The second-order valence-electron chi connectivity index (χ2n) is 9.91. The van der Waals surface area contributed by atoms with E-state index in [1.807, 2.05) is 23.8 Å². The van der Waals surface area contributed by atoms with Crippen molar-refractivity contribution in [2.75, 3.05) is 18.4 Å². The smallest absolute Gasteiger partial charge is 0.303 e. The number of carboxylic acids is 1. The number of anilines is 1. The fraction of sp³-hybridized carbons (Fsp3) is 0.370. The Balaban J connectivity index is 1.57. The third kappa shape index (κ3) is 4.06. The molecule has 0 fully saturated rings. The van der Waals surface area contributed by atoms with Crippen LogP contribution in [-0.4, -0.2) is 46.7 Å². The van der Waals surface area contributed by atoms with Crippen LogP contribution in [-0.2, 0) is 34.3 Å². The van der Waals surface area contributed by atoms with Crippen molar-refractivity contribution < 1.29 is 27.6 Å². The lowest BCUT2D eigenvalue weighted by molar-refractivity contribution is -0.137. The molecule has 3 aliphatic heterocycles. The van der Waals surface area contributed by atoms with E-state index in [1.165, 1.54) is 6.07 Å². The summed E-state index contributed by atoms with van der Waals surface area (Å²) in [5.41, 5.74) is 4.45. The minimum absolute atomic E-state index is 0.138. The van der Waals surface area contributed by atoms with E-state index in [1.54, 1.807) is 6.20 Å². The van der Waals surface area contributed by atoms with Gasteiger partial charge in [0.25, 0.3) is 10.1 Å². The molecule has 11 heteroatoms. The normalized spacial score (nSPS) is 15.2. The molecule has 0 saturated heterocycles. The number of aryl methyl sites for hydroxylation is 2. The third-order valence-electron chi connectivity index (χ3n) is 7.44. The Bertz CT molecular complexity index is 1720. The Kier molecular flexibility index (Phi) is 5.99. The summed E-state index contributed by atoms with van der Waals surface area (Å²) in [6.45, 7) is 3.85. The topological polar surface area (TPSA) is 143 Å². The van der Waals surface area contributed by atoms with Crippen molar-refractivity contribution >= 4 is 27.3 Å². The van der Waals surface area contributed by atoms with Crippen molar-refractivity contribution in [3.05, 3.63) is 63.2 Å². The van der Waals surface area contributed by atoms with E-state index >= 15 is 0 Å². The van der Waals surface area contributed by atoms with E-state index in [0.717, 1.165) is 52.3 Å². The largest absolute Gasteiger partial charge is 0.481 e. The number of rotatable bonds is 8. The van der Waals surface area contributed by atoms with Gasteiger partial charge in [-0.15, -0.1) is 0 Å². The Hall–Kier alpha value is -3.70. The summed E-state index contributed by atoms with van der Waals surface area (Å²) in [5, 5.41) is 13.8. The molecule has 0 spiro atoms. The molecule has 0 atom stereocenters. The van der Waals surface area contributed by atoms with Crippen LogP contribution in [0.2, 0.25) is 0 Å². The number of imidazole rings is 1. The zero-order chi connectivity index (χ0) is 26.6. The number of carbonyl (C=O) groups is 1. The Morgan fingerprint density at radius 1 is 1.16 bits per heavy atom. The van der Waals surface area contributed by atoms with Crippen molar-refractivity contribution in [2.45, 2.75) is 56.9 Å². The number of benzene rings is 2. The van der Waals surface area contributed by atoms with Gasteiger partial charge in [0.05, 0.1) is 11.0 Å². The molecular formula is C27H28N4O6S. The van der Waals surface area contributed by atoms with Gasteiger partial charge in [-0.2, -0.15) is 8.42 Å². The maximum Gasteiger partial charge on any atom is 0.303 e. The molecule has 3 aromatic rings. The number of unbranched alkanes of at least 4 members (excludes halogenated alkanes) is 2. The predicted octanol–water partition coefficient (Wildman–Crippen LogP) is 2.58. The fourth-order valence-electron chi connectivity index (χ4n) is 5.78. The van der Waals surface area contributed by atoms with Crippen LogP contribution < -0.4 is 20.6 Å². The average Bonchev–Trinajstić information content (AvgIpc) is 3.62. The van der Waals surface area contributed by atoms with Crippen LogP contribution in [0.25, 0.3) is 5.57 Å². The first-order chi connectivity index (χ1) is 18.2. The quantitative estimate of drug-likeness (QED) is 0.230. The molecule has 0 saturated carbocycles. The summed E-state index contributed by atoms with van der Waals surface area (Å²) < 4.78 is 43.6. The van der Waals surface area contributed by atoms with Crippen molar-refractivity contribution in [1.82, 2.24) is 9.55 Å². The molecule has 6 rings (SSSR count). The van der Waals surface area contributed by atoms with Gasteiger partial charge in [0.1, 0.15) is 22.2 Å². The zero-order valence-corrected chi connectivity index (χ0v) is 21.8. The Morgan fingerprint density at radius 2 is 2.00 bits per heavy atom. The van der Waals surface area contributed by atoms with Crippen molar-refractivity contribution in [2.24, 2.45) is 4.99 Å². The van der Waals surface area contributed by atoms with Gasteiger partial charge in [-0.05, 0) is 50.3 Å². The van der Waals surface area contributed by atoms with Gasteiger partial charge in [0.15, 0.2) is 0 Å². The van der Waals surface area contributed by atoms with Crippen LogP contribution in [0.1, 0.15) is 53.8 Å². The lowest BCUT2D eigenvalue weighted by atomic mass is 9.92. The summed E-state index contributed by atoms with van der Waals surface area (Å²) in [5.74, 6) is 1.16. The van der Waals surface area contributed by atoms with Gasteiger partial charge in [-0.1, -0.05) is 6.42 Å². The van der Waals surface area contributed by atoms with Crippen LogP contribution in [0.4, 0.5) is 5.69 Å². The molecule has 3 N–H and O–H groups in total. The van der Waals surface area contributed by atoms with Crippen LogP contribution >= 0.6 is 0 Å². The van der Waals surface area contributed by atoms with Crippen molar-refractivity contribution in [3.63, 3.8) is 0 Å². The fourth-order valence-corrected chi connectivity index (χ4v) is 6.50. The van der Waals surface area contributed by atoms with Crippen LogP contribution in [0.15, 0.2) is 34.4 Å². The van der Waals surface area contributed by atoms with E-state index in [0.29, 0.717) is 60.9 Å². The highest BCUT2D eigenvalue weighted by atomic mass is 32.2. The molecule has 0 amide bonds. The third-order valence-corrected chi connectivity index (χ3v) is 8.32. The first-order valence-electron chi connectivity index (χ1n) is 12.8. The maximum absolute atomic E-state index is 12.4. The summed E-state index contributed by atoms with van der Waals surface area (Å²) >= 11 is 0.